The first-order valence-corrected chi connectivity index (χ1v) is 3.83. The Morgan fingerprint density at radius 2 is 2.10 bits per heavy atom. The molecule has 0 radical (unpaired) electrons. The van der Waals surface area contributed by atoms with E-state index in [-0.39, 0.29) is 0 Å². The van der Waals surface area contributed by atoms with Crippen molar-refractivity contribution in [2.75, 3.05) is 0 Å². The van der Waals surface area contributed by atoms with Gasteiger partial charge in [-0.3, -0.25) is 4.99 Å². The number of hydrogen-bond donors (Lipinski definition) is 0. The van der Waals surface area contributed by atoms with Crippen LogP contribution in [0.3, 0.4) is 0 Å². The average molecular weight is 139 g/mol. The Kier molecular flexibility index (Phi) is 4.91. The highest BCUT2D eigenvalue weighted by Gasteiger charge is 1.88. The van der Waals surface area contributed by atoms with Crippen molar-refractivity contribution >= 4 is 6.21 Å². The second-order valence-electron chi connectivity index (χ2n) is 2.80. The molecule has 0 fully saturated rings. The molecular weight excluding hydrogens is 122 g/mol. The fraction of sp³-hybridized carbons (Fsp3) is 0.667. The highest BCUT2D eigenvalue weighted by Crippen LogP contribution is 1.93. The van der Waals surface area contributed by atoms with Crippen molar-refractivity contribution in [2.45, 2.75) is 40.2 Å². The molecule has 58 valence electrons. The van der Waals surface area contributed by atoms with E-state index in [1.54, 1.807) is 0 Å². The predicted octanol–water partition coefficient (Wildman–Crippen LogP) is 2.82. The van der Waals surface area contributed by atoms with Gasteiger partial charge < -0.3 is 0 Å². The molecule has 0 aliphatic carbocycles. The molecule has 0 aromatic heterocycles. The first-order chi connectivity index (χ1) is 4.66. The summed E-state index contributed by atoms with van der Waals surface area (Å²) < 4.78 is 0. The van der Waals surface area contributed by atoms with E-state index >= 15 is 0 Å². The summed E-state index contributed by atoms with van der Waals surface area (Å²) in [5.41, 5.74) is 1.30. The van der Waals surface area contributed by atoms with Crippen LogP contribution in [-0.4, -0.2) is 12.3 Å². The molecule has 1 unspecified atom stereocenters. The zero-order chi connectivity index (χ0) is 7.98. The average Bonchev–Trinajstić information content (AvgIpc) is 1.87. The molecule has 0 N–H and O–H groups in total. The molecule has 0 amide bonds. The normalized spacial score (nSPS) is 13.6. The number of rotatable bonds is 3. The van der Waals surface area contributed by atoms with E-state index in [2.05, 4.69) is 32.7 Å². The highest BCUT2D eigenvalue weighted by atomic mass is 14.7. The minimum Gasteiger partial charge on any atom is -0.290 e. The number of nitrogens with zero attached hydrogens (tertiary/aromatic N) is 1. The second kappa shape index (κ2) is 5.21. The van der Waals surface area contributed by atoms with Gasteiger partial charge in [-0.05, 0) is 33.3 Å². The maximum Gasteiger partial charge on any atom is 0.0468 e. The van der Waals surface area contributed by atoms with Crippen LogP contribution in [0.2, 0.25) is 0 Å². The molecule has 0 aromatic carbocycles. The van der Waals surface area contributed by atoms with Gasteiger partial charge in [0.25, 0.3) is 0 Å². The Balaban J connectivity index is 3.66. The van der Waals surface area contributed by atoms with Crippen LogP contribution in [0, 0.1) is 0 Å². The molecule has 0 saturated heterocycles. The Morgan fingerprint density at radius 3 is 2.50 bits per heavy atom. The number of hydrogen-bond acceptors (Lipinski definition) is 1. The molecule has 1 nitrogen and oxygen atoms in total. The fourth-order valence-corrected chi connectivity index (χ4v) is 0.444. The lowest BCUT2D eigenvalue weighted by atomic mass is 10.3. The van der Waals surface area contributed by atoms with Crippen molar-refractivity contribution in [1.29, 1.82) is 0 Å². The van der Waals surface area contributed by atoms with E-state index in [4.69, 9.17) is 0 Å². The van der Waals surface area contributed by atoms with Gasteiger partial charge in [0.05, 0.1) is 0 Å². The highest BCUT2D eigenvalue weighted by molar-refractivity contribution is 5.71. The van der Waals surface area contributed by atoms with Gasteiger partial charge in [-0.25, -0.2) is 0 Å². The van der Waals surface area contributed by atoms with Crippen LogP contribution in [0.15, 0.2) is 16.6 Å². The van der Waals surface area contributed by atoms with Gasteiger partial charge in [-0.1, -0.05) is 12.5 Å². The molecule has 0 aliphatic rings. The van der Waals surface area contributed by atoms with Crippen molar-refractivity contribution < 1.29 is 0 Å². The fourth-order valence-electron chi connectivity index (χ4n) is 0.444. The van der Waals surface area contributed by atoms with Crippen LogP contribution in [0.4, 0.5) is 0 Å². The molecule has 1 heteroatoms. The second-order valence-corrected chi connectivity index (χ2v) is 2.80. The molecule has 0 bridgehead atoms. The van der Waals surface area contributed by atoms with Gasteiger partial charge in [0.1, 0.15) is 0 Å². The number of aliphatic imine (C=N–C) groups is 1. The minimum atomic E-state index is 0.468. The van der Waals surface area contributed by atoms with Crippen LogP contribution in [0.25, 0.3) is 0 Å². The molecule has 0 heterocycles. The van der Waals surface area contributed by atoms with E-state index in [0.717, 1.165) is 6.42 Å². The minimum absolute atomic E-state index is 0.468. The molecule has 1 atom stereocenters. The van der Waals surface area contributed by atoms with Crippen LogP contribution < -0.4 is 0 Å². The first kappa shape index (κ1) is 9.41. The van der Waals surface area contributed by atoms with Crippen molar-refractivity contribution in [3.8, 4) is 0 Å². The standard InChI is InChI=1S/C9H17N/c1-5-9(4)10-7-6-8(2)3/h6-7,9H,5H2,1-4H3. The number of allylic oxidation sites excluding steroid dienone is 2. The Morgan fingerprint density at radius 1 is 1.50 bits per heavy atom. The van der Waals surface area contributed by atoms with Crippen LogP contribution >= 0.6 is 0 Å². The summed E-state index contributed by atoms with van der Waals surface area (Å²) in [5.74, 6) is 0. The van der Waals surface area contributed by atoms with Gasteiger partial charge in [-0.2, -0.15) is 0 Å². The zero-order valence-corrected chi connectivity index (χ0v) is 7.39. The predicted molar refractivity (Wildman–Crippen MR) is 47.7 cm³/mol. The summed E-state index contributed by atoms with van der Waals surface area (Å²) >= 11 is 0. The Hall–Kier alpha value is -0.590. The maximum absolute atomic E-state index is 4.28. The van der Waals surface area contributed by atoms with Gasteiger partial charge in [0.2, 0.25) is 0 Å². The van der Waals surface area contributed by atoms with E-state index in [9.17, 15) is 0 Å². The third-order valence-corrected chi connectivity index (χ3v) is 1.34. The van der Waals surface area contributed by atoms with Gasteiger partial charge in [-0.15, -0.1) is 0 Å². The van der Waals surface area contributed by atoms with E-state index in [1.807, 2.05) is 12.3 Å². The first-order valence-electron chi connectivity index (χ1n) is 3.83. The van der Waals surface area contributed by atoms with Crippen molar-refractivity contribution in [2.24, 2.45) is 4.99 Å². The lowest BCUT2D eigenvalue weighted by Gasteiger charge is -1.97. The van der Waals surface area contributed by atoms with Crippen molar-refractivity contribution in [3.05, 3.63) is 11.6 Å². The Bertz CT molecular complexity index is 130. The van der Waals surface area contributed by atoms with Crippen LogP contribution in [0.1, 0.15) is 34.1 Å². The summed E-state index contributed by atoms with van der Waals surface area (Å²) in [6, 6.07) is 0.468. The molecule has 0 saturated carbocycles. The summed E-state index contributed by atoms with van der Waals surface area (Å²) in [6.45, 7) is 8.41. The van der Waals surface area contributed by atoms with E-state index in [1.165, 1.54) is 5.57 Å². The molecular formula is C9H17N. The zero-order valence-electron chi connectivity index (χ0n) is 7.39. The van der Waals surface area contributed by atoms with Crippen LogP contribution in [0.5, 0.6) is 0 Å². The lowest BCUT2D eigenvalue weighted by Crippen LogP contribution is -1.93. The van der Waals surface area contributed by atoms with Gasteiger partial charge >= 0.3 is 0 Å². The van der Waals surface area contributed by atoms with Crippen molar-refractivity contribution in [3.63, 3.8) is 0 Å². The quantitative estimate of drug-likeness (QED) is 0.533. The third kappa shape index (κ3) is 5.54. The molecule has 0 spiro atoms. The molecule has 10 heavy (non-hydrogen) atoms. The summed E-state index contributed by atoms with van der Waals surface area (Å²) in [6.07, 6.45) is 5.04. The van der Waals surface area contributed by atoms with Gasteiger partial charge in [0, 0.05) is 12.3 Å². The lowest BCUT2D eigenvalue weighted by molar-refractivity contribution is 0.720. The molecule has 0 aliphatic heterocycles. The summed E-state index contributed by atoms with van der Waals surface area (Å²) in [4.78, 5) is 4.28. The molecule has 0 aromatic rings. The monoisotopic (exact) mass is 139 g/mol. The van der Waals surface area contributed by atoms with E-state index in [0.29, 0.717) is 6.04 Å². The largest absolute Gasteiger partial charge is 0.290 e. The topological polar surface area (TPSA) is 12.4 Å². The van der Waals surface area contributed by atoms with Gasteiger partial charge in [0.15, 0.2) is 0 Å². The Labute approximate surface area is 63.9 Å². The van der Waals surface area contributed by atoms with Crippen LogP contribution in [-0.2, 0) is 0 Å². The summed E-state index contributed by atoms with van der Waals surface area (Å²) in [7, 11) is 0. The smallest absolute Gasteiger partial charge is 0.0468 e. The maximum atomic E-state index is 4.28. The molecule has 0 rings (SSSR count). The van der Waals surface area contributed by atoms with E-state index < -0.39 is 0 Å². The SMILES string of the molecule is CCC(C)N=CC=C(C)C. The summed E-state index contributed by atoms with van der Waals surface area (Å²) in [5, 5.41) is 0. The van der Waals surface area contributed by atoms with Crippen molar-refractivity contribution in [1.82, 2.24) is 0 Å². The third-order valence-electron chi connectivity index (χ3n) is 1.34.